The van der Waals surface area contributed by atoms with Crippen molar-refractivity contribution in [2.45, 2.75) is 26.7 Å². The van der Waals surface area contributed by atoms with Crippen molar-refractivity contribution < 1.29 is 9.53 Å². The highest BCUT2D eigenvalue weighted by molar-refractivity contribution is 14.1. The van der Waals surface area contributed by atoms with Crippen molar-refractivity contribution in [2.24, 2.45) is 0 Å². The lowest BCUT2D eigenvalue weighted by Crippen LogP contribution is -2.14. The third kappa shape index (κ3) is 5.53. The zero-order valence-electron chi connectivity index (χ0n) is 13.5. The van der Waals surface area contributed by atoms with E-state index in [-0.39, 0.29) is 5.91 Å². The zero-order chi connectivity index (χ0) is 17.7. The van der Waals surface area contributed by atoms with Crippen LogP contribution in [0.3, 0.4) is 0 Å². The van der Waals surface area contributed by atoms with E-state index in [1.807, 2.05) is 13.8 Å². The third-order valence-electron chi connectivity index (χ3n) is 3.46. The smallest absolute Gasteiger partial charge is 0.224 e. The summed E-state index contributed by atoms with van der Waals surface area (Å²) in [7, 11) is 0. The first-order chi connectivity index (χ1) is 11.4. The monoisotopic (exact) mass is 477 g/mol. The number of halogens is 3. The zero-order valence-corrected chi connectivity index (χ0v) is 17.1. The number of ether oxygens (including phenoxy) is 1. The molecule has 0 aromatic heterocycles. The van der Waals surface area contributed by atoms with Crippen molar-refractivity contribution in [3.63, 3.8) is 0 Å². The van der Waals surface area contributed by atoms with Gasteiger partial charge in [-0.05, 0) is 84.3 Å². The molecule has 0 atom stereocenters. The predicted octanol–water partition coefficient (Wildman–Crippen LogP) is 6.01. The highest BCUT2D eigenvalue weighted by Crippen LogP contribution is 2.27. The van der Waals surface area contributed by atoms with Gasteiger partial charge >= 0.3 is 0 Å². The molecule has 0 aliphatic heterocycles. The number of rotatable bonds is 6. The molecule has 2 aromatic rings. The van der Waals surface area contributed by atoms with Crippen molar-refractivity contribution in [1.82, 2.24) is 0 Å². The van der Waals surface area contributed by atoms with Crippen molar-refractivity contribution in [1.29, 1.82) is 0 Å². The molecule has 1 N–H and O–H groups in total. The minimum atomic E-state index is -0.0202. The van der Waals surface area contributed by atoms with Crippen LogP contribution in [-0.2, 0) is 4.79 Å². The summed E-state index contributed by atoms with van der Waals surface area (Å²) < 4.78 is 6.74. The Morgan fingerprint density at radius 3 is 2.46 bits per heavy atom. The summed E-state index contributed by atoms with van der Waals surface area (Å²) in [5, 5.41) is 4.02. The first kappa shape index (κ1) is 19.3. The average molecular weight is 478 g/mol. The summed E-state index contributed by atoms with van der Waals surface area (Å²) in [6.45, 7) is 4.41. The van der Waals surface area contributed by atoms with Gasteiger partial charge in [-0.15, -0.1) is 0 Å². The molecule has 0 aliphatic carbocycles. The minimum absolute atomic E-state index is 0.0202. The molecule has 0 bridgehead atoms. The van der Waals surface area contributed by atoms with E-state index in [9.17, 15) is 4.79 Å². The van der Waals surface area contributed by atoms with E-state index in [0.717, 1.165) is 20.4 Å². The van der Waals surface area contributed by atoms with Crippen molar-refractivity contribution in [2.75, 3.05) is 11.9 Å². The molecule has 0 aliphatic rings. The molecular formula is C18H18Cl2INO2. The van der Waals surface area contributed by atoms with Gasteiger partial charge in [0.25, 0.3) is 0 Å². The summed E-state index contributed by atoms with van der Waals surface area (Å²) in [5.74, 6) is 0.555. The topological polar surface area (TPSA) is 38.3 Å². The van der Waals surface area contributed by atoms with Crippen LogP contribution in [0.15, 0.2) is 30.3 Å². The van der Waals surface area contributed by atoms with Crippen LogP contribution >= 0.6 is 45.8 Å². The molecule has 0 heterocycles. The Balaban J connectivity index is 1.82. The second-order valence-electron chi connectivity index (χ2n) is 5.49. The van der Waals surface area contributed by atoms with E-state index in [0.29, 0.717) is 35.2 Å². The lowest BCUT2D eigenvalue weighted by Gasteiger charge is -2.13. The molecule has 1 amide bonds. The number of carbonyl (C=O) groups is 1. The van der Waals surface area contributed by atoms with Gasteiger partial charge in [0.05, 0.1) is 11.6 Å². The SMILES string of the molecule is Cc1cc(I)cc(C)c1NC(=O)CCCOc1ccc(Cl)cc1Cl. The fourth-order valence-corrected chi connectivity index (χ4v) is 3.71. The Hall–Kier alpha value is -0.980. The molecule has 24 heavy (non-hydrogen) atoms. The molecule has 0 saturated carbocycles. The molecular weight excluding hydrogens is 460 g/mol. The lowest BCUT2D eigenvalue weighted by atomic mass is 10.1. The lowest BCUT2D eigenvalue weighted by molar-refractivity contribution is -0.116. The highest BCUT2D eigenvalue weighted by Gasteiger charge is 2.09. The summed E-state index contributed by atoms with van der Waals surface area (Å²) in [6, 6.07) is 9.18. The molecule has 2 rings (SSSR count). The van der Waals surface area contributed by atoms with E-state index in [2.05, 4.69) is 40.0 Å². The molecule has 0 fully saturated rings. The Morgan fingerprint density at radius 2 is 1.83 bits per heavy atom. The van der Waals surface area contributed by atoms with Gasteiger partial charge < -0.3 is 10.1 Å². The fourth-order valence-electron chi connectivity index (χ4n) is 2.32. The first-order valence-corrected chi connectivity index (χ1v) is 9.34. The summed E-state index contributed by atoms with van der Waals surface area (Å²) >= 11 is 14.1. The third-order valence-corrected chi connectivity index (χ3v) is 4.61. The quantitative estimate of drug-likeness (QED) is 0.408. The number of benzene rings is 2. The van der Waals surface area contributed by atoms with Crippen molar-refractivity contribution >= 4 is 57.4 Å². The molecule has 0 spiro atoms. The maximum atomic E-state index is 12.1. The van der Waals surface area contributed by atoms with E-state index in [1.54, 1.807) is 18.2 Å². The van der Waals surface area contributed by atoms with E-state index in [4.69, 9.17) is 27.9 Å². The summed E-state index contributed by atoms with van der Waals surface area (Å²) in [5.41, 5.74) is 3.02. The number of hydrogen-bond donors (Lipinski definition) is 1. The largest absolute Gasteiger partial charge is 0.492 e. The number of aryl methyl sites for hydroxylation is 2. The Labute approximate surface area is 165 Å². The average Bonchev–Trinajstić information content (AvgIpc) is 2.49. The number of amides is 1. The van der Waals surface area contributed by atoms with Crippen LogP contribution < -0.4 is 10.1 Å². The van der Waals surface area contributed by atoms with Crippen LogP contribution in [0.4, 0.5) is 5.69 Å². The van der Waals surface area contributed by atoms with Gasteiger partial charge in [0.15, 0.2) is 0 Å². The molecule has 0 saturated heterocycles. The fraction of sp³-hybridized carbons (Fsp3) is 0.278. The predicted molar refractivity (Wildman–Crippen MR) is 108 cm³/mol. The van der Waals surface area contributed by atoms with Crippen molar-refractivity contribution in [3.8, 4) is 5.75 Å². The van der Waals surface area contributed by atoms with Gasteiger partial charge in [-0.2, -0.15) is 0 Å². The first-order valence-electron chi connectivity index (χ1n) is 7.51. The summed E-state index contributed by atoms with van der Waals surface area (Å²) in [4.78, 5) is 12.1. The van der Waals surface area contributed by atoms with E-state index >= 15 is 0 Å². The Bertz CT molecular complexity index is 727. The normalized spacial score (nSPS) is 10.5. The number of anilines is 1. The van der Waals surface area contributed by atoms with Crippen LogP contribution in [0.1, 0.15) is 24.0 Å². The van der Waals surface area contributed by atoms with Crippen LogP contribution in [0, 0.1) is 17.4 Å². The second kappa shape index (κ2) is 8.92. The van der Waals surface area contributed by atoms with Gasteiger partial charge in [0.1, 0.15) is 5.75 Å². The maximum Gasteiger partial charge on any atom is 0.224 e. The van der Waals surface area contributed by atoms with Crippen molar-refractivity contribution in [3.05, 3.63) is 55.1 Å². The van der Waals surface area contributed by atoms with Crippen LogP contribution in [0.25, 0.3) is 0 Å². The van der Waals surface area contributed by atoms with E-state index < -0.39 is 0 Å². The molecule has 2 aromatic carbocycles. The van der Waals surface area contributed by atoms with Crippen LogP contribution in [0.5, 0.6) is 5.75 Å². The Kier molecular flexibility index (Phi) is 7.19. The standard InChI is InChI=1S/C18H18Cl2INO2/c1-11-8-14(21)9-12(2)18(11)22-17(23)4-3-7-24-16-6-5-13(19)10-15(16)20/h5-6,8-10H,3-4,7H2,1-2H3,(H,22,23). The molecule has 0 radical (unpaired) electrons. The Morgan fingerprint density at radius 1 is 1.17 bits per heavy atom. The maximum absolute atomic E-state index is 12.1. The number of nitrogens with one attached hydrogen (secondary N) is 1. The highest BCUT2D eigenvalue weighted by atomic mass is 127. The number of carbonyl (C=O) groups excluding carboxylic acids is 1. The van der Waals surface area contributed by atoms with Crippen LogP contribution in [0.2, 0.25) is 10.0 Å². The second-order valence-corrected chi connectivity index (χ2v) is 7.58. The van der Waals surface area contributed by atoms with Gasteiger partial charge in [0.2, 0.25) is 5.91 Å². The van der Waals surface area contributed by atoms with Gasteiger partial charge in [0, 0.05) is 20.7 Å². The van der Waals surface area contributed by atoms with Gasteiger partial charge in [-0.3, -0.25) is 4.79 Å². The molecule has 3 nitrogen and oxygen atoms in total. The number of hydrogen-bond acceptors (Lipinski definition) is 2. The molecule has 6 heteroatoms. The van der Waals surface area contributed by atoms with Gasteiger partial charge in [-0.1, -0.05) is 23.2 Å². The molecule has 128 valence electrons. The summed E-state index contributed by atoms with van der Waals surface area (Å²) in [6.07, 6.45) is 0.989. The van der Waals surface area contributed by atoms with Crippen LogP contribution in [-0.4, -0.2) is 12.5 Å². The minimum Gasteiger partial charge on any atom is -0.492 e. The van der Waals surface area contributed by atoms with E-state index in [1.165, 1.54) is 0 Å². The van der Waals surface area contributed by atoms with Gasteiger partial charge in [-0.25, -0.2) is 0 Å². The molecule has 0 unspecified atom stereocenters.